The van der Waals surface area contributed by atoms with Gasteiger partial charge in [-0.25, -0.2) is 13.4 Å². The average molecular weight is 291 g/mol. The highest BCUT2D eigenvalue weighted by Gasteiger charge is 2.17. The fourth-order valence-electron chi connectivity index (χ4n) is 1.81. The zero-order chi connectivity index (χ0) is 14.6. The maximum atomic E-state index is 12.4. The van der Waals surface area contributed by atoms with Crippen molar-refractivity contribution in [1.29, 1.82) is 0 Å². The van der Waals surface area contributed by atoms with Gasteiger partial charge in [-0.05, 0) is 18.3 Å². The lowest BCUT2D eigenvalue weighted by atomic mass is 10.3. The summed E-state index contributed by atoms with van der Waals surface area (Å²) in [7, 11) is 0.325. The molecule has 1 heterocycles. The van der Waals surface area contributed by atoms with E-state index in [1.807, 2.05) is 20.2 Å². The van der Waals surface area contributed by atoms with E-state index in [9.17, 15) is 8.42 Å². The quantitative estimate of drug-likeness (QED) is 0.841. The van der Waals surface area contributed by atoms with Crippen molar-refractivity contribution in [3.05, 3.63) is 55.3 Å². The summed E-state index contributed by atoms with van der Waals surface area (Å²) in [5.74, 6) is -0.0309. The van der Waals surface area contributed by atoms with E-state index in [4.69, 9.17) is 0 Å². The second-order valence-corrected chi connectivity index (χ2v) is 6.57. The first kappa shape index (κ1) is 14.3. The van der Waals surface area contributed by atoms with Gasteiger partial charge in [0.25, 0.3) is 0 Å². The molecule has 0 saturated heterocycles. The Bertz CT molecular complexity index is 689. The number of nitrogens with zero attached hydrogens (tertiary/aromatic N) is 3. The zero-order valence-electron chi connectivity index (χ0n) is 11.5. The first-order valence-electron chi connectivity index (χ1n) is 6.14. The number of rotatable bonds is 5. The summed E-state index contributed by atoms with van der Waals surface area (Å²) in [6.07, 6.45) is 8.31. The largest absolute Gasteiger partial charge is 0.384 e. The van der Waals surface area contributed by atoms with Gasteiger partial charge in [-0.2, -0.15) is 0 Å². The molecular weight excluding hydrogens is 274 g/mol. The van der Waals surface area contributed by atoms with E-state index >= 15 is 0 Å². The Morgan fingerprint density at radius 1 is 1.30 bits per heavy atom. The molecule has 0 unspecified atom stereocenters. The van der Waals surface area contributed by atoms with E-state index in [0.717, 1.165) is 0 Å². The van der Waals surface area contributed by atoms with Gasteiger partial charge in [-0.3, -0.25) is 0 Å². The number of imidazole rings is 1. The Labute approximate surface area is 119 Å². The monoisotopic (exact) mass is 291 g/mol. The molecule has 0 saturated carbocycles. The minimum atomic E-state index is -3.37. The van der Waals surface area contributed by atoms with Crippen LogP contribution in [0.5, 0.6) is 0 Å². The maximum Gasteiger partial charge on any atom is 0.184 e. The van der Waals surface area contributed by atoms with Gasteiger partial charge >= 0.3 is 0 Å². The van der Waals surface area contributed by atoms with E-state index in [0.29, 0.717) is 10.6 Å². The summed E-state index contributed by atoms with van der Waals surface area (Å²) in [5.41, 5.74) is 0.614. The van der Waals surface area contributed by atoms with Gasteiger partial charge < -0.3 is 9.47 Å². The van der Waals surface area contributed by atoms with Crippen molar-refractivity contribution in [3.8, 4) is 5.69 Å². The van der Waals surface area contributed by atoms with Crippen molar-refractivity contribution in [2.45, 2.75) is 4.90 Å². The number of benzene rings is 1. The van der Waals surface area contributed by atoms with Gasteiger partial charge in [0.2, 0.25) is 0 Å². The molecule has 0 atom stereocenters. The topological polar surface area (TPSA) is 55.2 Å². The van der Waals surface area contributed by atoms with Crippen molar-refractivity contribution >= 4 is 9.84 Å². The van der Waals surface area contributed by atoms with E-state index in [-0.39, 0.29) is 5.75 Å². The summed E-state index contributed by atoms with van der Waals surface area (Å²) in [6, 6.07) is 6.92. The number of hydrogen-bond donors (Lipinski definition) is 0. The maximum absolute atomic E-state index is 12.4. The highest BCUT2D eigenvalue weighted by molar-refractivity contribution is 7.91. The van der Waals surface area contributed by atoms with Crippen LogP contribution in [0.25, 0.3) is 5.69 Å². The molecule has 0 aliphatic heterocycles. The first-order valence-corrected chi connectivity index (χ1v) is 7.79. The van der Waals surface area contributed by atoms with E-state index < -0.39 is 9.84 Å². The molecule has 0 fully saturated rings. The molecule has 0 aliphatic rings. The molecule has 106 valence electrons. The predicted molar refractivity (Wildman–Crippen MR) is 78.4 cm³/mol. The highest BCUT2D eigenvalue weighted by atomic mass is 32.2. The van der Waals surface area contributed by atoms with E-state index in [1.165, 1.54) is 0 Å². The standard InChI is InChI=1S/C14H17N3O2S/c1-16(2)9-5-11-20(18,19)14-7-4-3-6-13(14)17-10-8-15-12-17/h3-10,12H,11H2,1-2H3. The molecule has 0 amide bonds. The Hall–Kier alpha value is -2.08. The first-order chi connectivity index (χ1) is 9.50. The van der Waals surface area contributed by atoms with Gasteiger partial charge in [0, 0.05) is 26.5 Å². The van der Waals surface area contributed by atoms with Crippen LogP contribution in [-0.4, -0.2) is 42.7 Å². The van der Waals surface area contributed by atoms with Gasteiger partial charge in [-0.15, -0.1) is 0 Å². The molecule has 2 aromatic rings. The highest BCUT2D eigenvalue weighted by Crippen LogP contribution is 2.20. The van der Waals surface area contributed by atoms with Crippen LogP contribution in [0.15, 0.2) is 60.2 Å². The van der Waals surface area contributed by atoms with E-state index in [2.05, 4.69) is 4.98 Å². The lowest BCUT2D eigenvalue weighted by Gasteiger charge is -2.10. The zero-order valence-corrected chi connectivity index (χ0v) is 12.3. The van der Waals surface area contributed by atoms with Gasteiger partial charge in [0.15, 0.2) is 9.84 Å². The van der Waals surface area contributed by atoms with Crippen LogP contribution in [0.2, 0.25) is 0 Å². The Kier molecular flexibility index (Phi) is 4.24. The summed E-state index contributed by atoms with van der Waals surface area (Å²) in [5, 5.41) is 0. The molecule has 6 heteroatoms. The summed E-state index contributed by atoms with van der Waals surface area (Å²) in [6.45, 7) is 0. The minimum absolute atomic E-state index is 0.0309. The summed E-state index contributed by atoms with van der Waals surface area (Å²) >= 11 is 0. The molecule has 1 aromatic heterocycles. The minimum Gasteiger partial charge on any atom is -0.384 e. The SMILES string of the molecule is CN(C)C=CCS(=O)(=O)c1ccccc1-n1ccnc1. The smallest absolute Gasteiger partial charge is 0.184 e. The molecule has 0 bridgehead atoms. The van der Waals surface area contributed by atoms with Crippen LogP contribution in [-0.2, 0) is 9.84 Å². The third-order valence-electron chi connectivity index (χ3n) is 2.70. The lowest BCUT2D eigenvalue weighted by Crippen LogP contribution is -2.10. The van der Waals surface area contributed by atoms with Crippen molar-refractivity contribution in [2.75, 3.05) is 19.8 Å². The van der Waals surface area contributed by atoms with Gasteiger partial charge in [0.05, 0.1) is 22.7 Å². The molecule has 20 heavy (non-hydrogen) atoms. The average Bonchev–Trinajstić information content (AvgIpc) is 2.92. The third kappa shape index (κ3) is 3.27. The number of hydrogen-bond acceptors (Lipinski definition) is 4. The molecule has 5 nitrogen and oxygen atoms in total. The van der Waals surface area contributed by atoms with Crippen molar-refractivity contribution in [2.24, 2.45) is 0 Å². The third-order valence-corrected chi connectivity index (χ3v) is 4.35. The Morgan fingerprint density at radius 3 is 2.70 bits per heavy atom. The second-order valence-electron chi connectivity index (χ2n) is 4.57. The number of para-hydroxylation sites is 1. The molecular formula is C14H17N3O2S. The summed E-state index contributed by atoms with van der Waals surface area (Å²) < 4.78 is 26.5. The van der Waals surface area contributed by atoms with Crippen LogP contribution < -0.4 is 0 Å². The molecule has 0 spiro atoms. The Balaban J connectivity index is 2.38. The van der Waals surface area contributed by atoms with Crippen molar-refractivity contribution in [1.82, 2.24) is 14.5 Å². The molecule has 0 N–H and O–H groups in total. The second kappa shape index (κ2) is 5.92. The molecule has 0 radical (unpaired) electrons. The van der Waals surface area contributed by atoms with Crippen LogP contribution in [0, 0.1) is 0 Å². The lowest BCUT2D eigenvalue weighted by molar-refractivity contribution is 0.562. The van der Waals surface area contributed by atoms with Crippen LogP contribution in [0.3, 0.4) is 0 Å². The number of aromatic nitrogens is 2. The van der Waals surface area contributed by atoms with Gasteiger partial charge in [0.1, 0.15) is 0 Å². The van der Waals surface area contributed by atoms with Crippen LogP contribution >= 0.6 is 0 Å². The normalized spacial score (nSPS) is 11.9. The fraction of sp³-hybridized carbons (Fsp3) is 0.214. The molecule has 1 aromatic carbocycles. The Morgan fingerprint density at radius 2 is 2.05 bits per heavy atom. The van der Waals surface area contributed by atoms with Crippen molar-refractivity contribution in [3.63, 3.8) is 0 Å². The van der Waals surface area contributed by atoms with Gasteiger partial charge in [-0.1, -0.05) is 18.2 Å². The summed E-state index contributed by atoms with van der Waals surface area (Å²) in [4.78, 5) is 6.06. The fourth-order valence-corrected chi connectivity index (χ4v) is 3.10. The van der Waals surface area contributed by atoms with E-state index in [1.54, 1.807) is 58.7 Å². The predicted octanol–water partition coefficient (Wildman–Crippen LogP) is 1.72. The molecule has 0 aliphatic carbocycles. The molecule has 2 rings (SSSR count). The number of sulfone groups is 1. The van der Waals surface area contributed by atoms with Crippen LogP contribution in [0.4, 0.5) is 0 Å². The van der Waals surface area contributed by atoms with Crippen LogP contribution in [0.1, 0.15) is 0 Å². The van der Waals surface area contributed by atoms with Crippen molar-refractivity contribution < 1.29 is 8.42 Å².